The quantitative estimate of drug-likeness (QED) is 0.580. The fraction of sp³-hybridized carbons (Fsp3) is 0.294. The predicted molar refractivity (Wildman–Crippen MR) is 90.5 cm³/mol. The van der Waals surface area contributed by atoms with Gasteiger partial charge in [0.05, 0.1) is 17.7 Å². The molecular weight excluding hydrogens is 375 g/mol. The third kappa shape index (κ3) is 2.53. The van der Waals surface area contributed by atoms with Crippen molar-refractivity contribution in [1.29, 1.82) is 0 Å². The van der Waals surface area contributed by atoms with Crippen LogP contribution in [0.2, 0.25) is 0 Å². The second kappa shape index (κ2) is 5.81. The molecule has 0 saturated carbocycles. The summed E-state index contributed by atoms with van der Waals surface area (Å²) in [5, 5.41) is 11.7. The minimum absolute atomic E-state index is 0.0623. The summed E-state index contributed by atoms with van der Waals surface area (Å²) in [4.78, 5) is 9.09. The smallest absolute Gasteiger partial charge is 0.321 e. The van der Waals surface area contributed by atoms with Crippen LogP contribution in [-0.2, 0) is 12.3 Å². The molecule has 1 atom stereocenters. The lowest BCUT2D eigenvalue weighted by Gasteiger charge is -2.32. The molecule has 0 spiro atoms. The van der Waals surface area contributed by atoms with Crippen molar-refractivity contribution in [3.05, 3.63) is 59.5 Å². The van der Waals surface area contributed by atoms with Gasteiger partial charge < -0.3 is 14.3 Å². The third-order valence-electron chi connectivity index (χ3n) is 4.71. The molecule has 11 heteroatoms. The fourth-order valence-electron chi connectivity index (χ4n) is 3.42. The second-order valence-electron chi connectivity index (χ2n) is 6.65. The largest absolute Gasteiger partial charge is 0.401 e. The van der Waals surface area contributed by atoms with Crippen molar-refractivity contribution in [3.8, 4) is 0 Å². The topological polar surface area (TPSA) is 88.1 Å². The van der Waals surface area contributed by atoms with E-state index in [0.717, 1.165) is 5.69 Å². The van der Waals surface area contributed by atoms with E-state index in [0.29, 0.717) is 36.8 Å². The first-order chi connectivity index (χ1) is 13.4. The fourth-order valence-corrected chi connectivity index (χ4v) is 3.42. The molecule has 4 aromatic rings. The lowest BCUT2D eigenvalue weighted by molar-refractivity contribution is -0.0107. The number of fused-ring (bicyclic) bond motifs is 2. The number of halogens is 3. The van der Waals surface area contributed by atoms with Crippen LogP contribution >= 0.6 is 0 Å². The van der Waals surface area contributed by atoms with Gasteiger partial charge in [-0.25, -0.2) is 13.9 Å². The van der Waals surface area contributed by atoms with Crippen molar-refractivity contribution in [3.63, 3.8) is 0 Å². The molecule has 0 radical (unpaired) electrons. The van der Waals surface area contributed by atoms with Crippen LogP contribution in [0.5, 0.6) is 0 Å². The molecule has 0 aromatic carbocycles. The lowest BCUT2D eigenvalue weighted by Crippen LogP contribution is -2.37. The van der Waals surface area contributed by atoms with E-state index in [9.17, 15) is 13.2 Å². The van der Waals surface area contributed by atoms with E-state index in [1.807, 2.05) is 0 Å². The van der Waals surface area contributed by atoms with Crippen molar-refractivity contribution >= 4 is 11.5 Å². The minimum Gasteiger partial charge on any atom is -0.401 e. The van der Waals surface area contributed by atoms with E-state index in [1.54, 1.807) is 29.6 Å². The van der Waals surface area contributed by atoms with E-state index in [1.165, 1.54) is 10.6 Å². The zero-order chi connectivity index (χ0) is 19.5. The molecule has 0 aliphatic carbocycles. The molecule has 144 valence electrons. The second-order valence-corrected chi connectivity index (χ2v) is 6.65. The Morgan fingerprint density at radius 2 is 2.18 bits per heavy atom. The van der Waals surface area contributed by atoms with Crippen molar-refractivity contribution < 1.29 is 17.6 Å². The Balaban J connectivity index is 1.64. The summed E-state index contributed by atoms with van der Waals surface area (Å²) in [7, 11) is 0. The molecule has 28 heavy (non-hydrogen) atoms. The molecule has 0 saturated heterocycles. The number of anilines is 1. The third-order valence-corrected chi connectivity index (χ3v) is 4.71. The van der Waals surface area contributed by atoms with Gasteiger partial charge in [0, 0.05) is 31.8 Å². The number of H-pyrrole nitrogens is 1. The highest BCUT2D eigenvalue weighted by molar-refractivity contribution is 5.52. The summed E-state index contributed by atoms with van der Waals surface area (Å²) in [6, 6.07) is 3.83. The Morgan fingerprint density at radius 1 is 1.32 bits per heavy atom. The van der Waals surface area contributed by atoms with Crippen molar-refractivity contribution in [1.82, 2.24) is 29.8 Å². The van der Waals surface area contributed by atoms with Crippen LogP contribution in [-0.4, -0.2) is 36.3 Å². The van der Waals surface area contributed by atoms with Crippen LogP contribution in [0.15, 0.2) is 35.1 Å². The van der Waals surface area contributed by atoms with Gasteiger partial charge in [0.1, 0.15) is 17.4 Å². The predicted octanol–water partition coefficient (Wildman–Crippen LogP) is 2.84. The summed E-state index contributed by atoms with van der Waals surface area (Å²) in [6.45, 7) is 1.10. The zero-order valence-corrected chi connectivity index (χ0v) is 14.6. The number of rotatable bonds is 3. The Hall–Kier alpha value is -3.37. The Kier molecular flexibility index (Phi) is 3.48. The standard InChI is InChI=1S/C17H14F3N7O/c1-17(19,20)15-23-24-16(28-15)26-6-4-10-13(22-8-21-10)14(26)11-7-12-9(18)3-2-5-27(12)25-11/h2-3,5,7-8,14H,4,6H2,1H3,(H,21,22)/t14-/m1/s1. The summed E-state index contributed by atoms with van der Waals surface area (Å²) in [5.41, 5.74) is 2.32. The van der Waals surface area contributed by atoms with Gasteiger partial charge in [-0.05, 0) is 18.2 Å². The number of imidazole rings is 1. The molecule has 0 fully saturated rings. The first-order valence-electron chi connectivity index (χ1n) is 8.56. The van der Waals surface area contributed by atoms with Crippen molar-refractivity contribution in [2.75, 3.05) is 11.4 Å². The van der Waals surface area contributed by atoms with Crippen LogP contribution in [0.4, 0.5) is 19.2 Å². The number of nitrogens with zero attached hydrogens (tertiary/aromatic N) is 6. The number of nitrogens with one attached hydrogen (secondary N) is 1. The Morgan fingerprint density at radius 3 is 2.93 bits per heavy atom. The lowest BCUT2D eigenvalue weighted by atomic mass is 10.0. The molecule has 5 heterocycles. The maximum Gasteiger partial charge on any atom is 0.321 e. The normalized spacial score (nSPS) is 17.3. The van der Waals surface area contributed by atoms with Crippen LogP contribution in [0.3, 0.4) is 0 Å². The summed E-state index contributed by atoms with van der Waals surface area (Å²) in [5.74, 6) is -4.44. The van der Waals surface area contributed by atoms with Crippen LogP contribution in [0.25, 0.3) is 5.52 Å². The van der Waals surface area contributed by atoms with Gasteiger partial charge in [-0.1, -0.05) is 5.10 Å². The van der Waals surface area contributed by atoms with Gasteiger partial charge >= 0.3 is 11.9 Å². The average molecular weight is 389 g/mol. The van der Waals surface area contributed by atoms with E-state index in [-0.39, 0.29) is 6.01 Å². The van der Waals surface area contributed by atoms with Crippen LogP contribution in [0.1, 0.15) is 35.9 Å². The van der Waals surface area contributed by atoms with Gasteiger partial charge in [0.2, 0.25) is 0 Å². The van der Waals surface area contributed by atoms with Gasteiger partial charge in [-0.3, -0.25) is 0 Å². The van der Waals surface area contributed by atoms with E-state index in [2.05, 4.69) is 25.3 Å². The Labute approximate surface area is 156 Å². The maximum absolute atomic E-state index is 14.1. The van der Waals surface area contributed by atoms with E-state index >= 15 is 0 Å². The van der Waals surface area contributed by atoms with Crippen LogP contribution in [0, 0.1) is 5.82 Å². The molecule has 1 aliphatic rings. The molecule has 0 bridgehead atoms. The van der Waals surface area contributed by atoms with Gasteiger partial charge in [0.25, 0.3) is 5.89 Å². The van der Waals surface area contributed by atoms with Gasteiger partial charge in [-0.15, -0.1) is 5.10 Å². The summed E-state index contributed by atoms with van der Waals surface area (Å²) in [6.07, 6.45) is 3.76. The van der Waals surface area contributed by atoms with Gasteiger partial charge in [0.15, 0.2) is 0 Å². The van der Waals surface area contributed by atoms with Crippen molar-refractivity contribution in [2.45, 2.75) is 25.3 Å². The zero-order valence-electron chi connectivity index (χ0n) is 14.6. The number of alkyl halides is 2. The summed E-state index contributed by atoms with van der Waals surface area (Å²) >= 11 is 0. The van der Waals surface area contributed by atoms with Crippen LogP contribution < -0.4 is 4.90 Å². The maximum atomic E-state index is 14.1. The highest BCUT2D eigenvalue weighted by Gasteiger charge is 2.38. The SMILES string of the molecule is CC(F)(F)c1nnc(N2CCc3[nH]cnc3[C@H]2c2cc3c(F)cccn3n2)o1. The average Bonchev–Trinajstić information content (AvgIpc) is 3.38. The monoisotopic (exact) mass is 389 g/mol. The molecular formula is C17H14F3N7O. The molecule has 8 nitrogen and oxygen atoms in total. The molecule has 0 unspecified atom stereocenters. The minimum atomic E-state index is -3.25. The molecule has 4 aromatic heterocycles. The molecule has 1 N–H and O–H groups in total. The molecule has 0 amide bonds. The Bertz CT molecular complexity index is 1160. The van der Waals surface area contributed by atoms with E-state index in [4.69, 9.17) is 4.42 Å². The highest BCUT2D eigenvalue weighted by atomic mass is 19.3. The highest BCUT2D eigenvalue weighted by Crippen LogP contribution is 2.37. The van der Waals surface area contributed by atoms with Gasteiger partial charge in [-0.2, -0.15) is 13.9 Å². The number of pyridine rings is 1. The number of aromatic amines is 1. The number of hydrogen-bond donors (Lipinski definition) is 1. The first-order valence-corrected chi connectivity index (χ1v) is 8.56. The number of aromatic nitrogens is 6. The number of hydrogen-bond acceptors (Lipinski definition) is 6. The van der Waals surface area contributed by atoms with Crippen molar-refractivity contribution in [2.24, 2.45) is 0 Å². The molecule has 5 rings (SSSR count). The van der Waals surface area contributed by atoms with E-state index < -0.39 is 23.7 Å². The first kappa shape index (κ1) is 16.8. The summed E-state index contributed by atoms with van der Waals surface area (Å²) < 4.78 is 47.9. The molecule has 1 aliphatic heterocycles.